The van der Waals surface area contributed by atoms with E-state index >= 15 is 0 Å². The Morgan fingerprint density at radius 2 is 1.98 bits per heavy atom. The average molecular weight is 661 g/mol. The predicted octanol–water partition coefficient (Wildman–Crippen LogP) is 6.70. The van der Waals surface area contributed by atoms with Crippen LogP contribution in [0.25, 0.3) is 21.3 Å². The summed E-state index contributed by atoms with van der Waals surface area (Å²) in [6.07, 6.45) is -1.96. The molecule has 1 fully saturated rings. The van der Waals surface area contributed by atoms with Crippen LogP contribution < -0.4 is 10.3 Å². The molecule has 0 unspecified atom stereocenters. The number of thiophene rings is 1. The summed E-state index contributed by atoms with van der Waals surface area (Å²) < 4.78 is 48.8. The van der Waals surface area contributed by atoms with Crippen LogP contribution in [0.1, 0.15) is 52.4 Å². The van der Waals surface area contributed by atoms with E-state index in [0.717, 1.165) is 11.3 Å². The van der Waals surface area contributed by atoms with Crippen LogP contribution >= 0.6 is 22.9 Å². The molecule has 2 aliphatic rings. The van der Waals surface area contributed by atoms with Crippen molar-refractivity contribution in [1.29, 1.82) is 0 Å². The first-order valence-electron chi connectivity index (χ1n) is 14.9. The van der Waals surface area contributed by atoms with Gasteiger partial charge in [-0.25, -0.2) is 9.78 Å². The van der Waals surface area contributed by atoms with E-state index in [0.29, 0.717) is 75.9 Å². The molecule has 1 saturated heterocycles. The summed E-state index contributed by atoms with van der Waals surface area (Å²) in [7, 11) is 0. The van der Waals surface area contributed by atoms with Gasteiger partial charge in [0.1, 0.15) is 18.2 Å². The molecule has 0 saturated carbocycles. The Bertz CT molecular complexity index is 1840. The summed E-state index contributed by atoms with van der Waals surface area (Å²) in [5.41, 5.74) is 3.69. The Kier molecular flexibility index (Phi) is 8.66. The van der Waals surface area contributed by atoms with Gasteiger partial charge in [0.05, 0.1) is 33.9 Å². The van der Waals surface area contributed by atoms with Crippen molar-refractivity contribution < 1.29 is 27.8 Å². The van der Waals surface area contributed by atoms with Gasteiger partial charge in [-0.1, -0.05) is 11.6 Å². The van der Waals surface area contributed by atoms with Crippen LogP contribution in [0.2, 0.25) is 5.02 Å². The van der Waals surface area contributed by atoms with Crippen LogP contribution in [-0.4, -0.2) is 62.4 Å². The summed E-state index contributed by atoms with van der Waals surface area (Å²) in [5.74, 6) is -1.32. The van der Waals surface area contributed by atoms with Crippen molar-refractivity contribution in [1.82, 2.24) is 19.4 Å². The van der Waals surface area contributed by atoms with Crippen molar-refractivity contribution in [3.05, 3.63) is 73.4 Å². The van der Waals surface area contributed by atoms with Gasteiger partial charge in [-0.2, -0.15) is 13.2 Å². The standard InChI is InChI=1S/C32H32ClF3N4O4S/c1-17-12-23(29-28(37-17)25(16-45-29)31(42)43)22-13-20(33)5-8-27(22)44-11-10-40-18(2)38-26-7-6-21(14-24(26)30(40)41)39-9-3-4-19(15-39)32(34,35)36/h5,8,12-13,16,19,21H,3-4,6-7,9-11,14-15H2,1-2H3,(H,42,43)/t19-,21-/m0/s1. The van der Waals surface area contributed by atoms with E-state index in [2.05, 4.69) is 4.98 Å². The minimum Gasteiger partial charge on any atom is -0.491 e. The molecule has 1 aliphatic carbocycles. The zero-order valence-corrected chi connectivity index (χ0v) is 26.4. The van der Waals surface area contributed by atoms with Gasteiger partial charge in [-0.15, -0.1) is 11.3 Å². The van der Waals surface area contributed by atoms with Gasteiger partial charge < -0.3 is 9.84 Å². The van der Waals surface area contributed by atoms with Crippen molar-refractivity contribution in [2.24, 2.45) is 5.92 Å². The molecule has 4 aromatic rings. The topological polar surface area (TPSA) is 97.6 Å². The van der Waals surface area contributed by atoms with Crippen LogP contribution in [0.3, 0.4) is 0 Å². The van der Waals surface area contributed by atoms with Gasteiger partial charge >= 0.3 is 12.1 Å². The number of ether oxygens (including phenoxy) is 1. The third-order valence-corrected chi connectivity index (χ3v) is 10.0. The summed E-state index contributed by atoms with van der Waals surface area (Å²) in [6, 6.07) is 6.93. The molecule has 3 aromatic heterocycles. The maximum absolute atomic E-state index is 13.7. The lowest BCUT2D eigenvalue weighted by atomic mass is 9.88. The number of hydrogen-bond acceptors (Lipinski definition) is 7. The highest BCUT2D eigenvalue weighted by Crippen LogP contribution is 2.40. The fraction of sp³-hybridized carbons (Fsp3) is 0.438. The zero-order valence-electron chi connectivity index (χ0n) is 24.8. The summed E-state index contributed by atoms with van der Waals surface area (Å²) in [6.45, 7) is 4.49. The van der Waals surface area contributed by atoms with Gasteiger partial charge in [0.2, 0.25) is 0 Å². The number of carboxylic acid groups (broad SMARTS) is 1. The molecular formula is C32H32ClF3N4O4S. The number of benzene rings is 1. The van der Waals surface area contributed by atoms with Gasteiger partial charge in [0.25, 0.3) is 5.56 Å². The van der Waals surface area contributed by atoms with Crippen LogP contribution in [0.15, 0.2) is 34.4 Å². The number of aryl methyl sites for hydroxylation is 3. The van der Waals surface area contributed by atoms with E-state index in [-0.39, 0.29) is 43.3 Å². The van der Waals surface area contributed by atoms with Crippen LogP contribution in [0.4, 0.5) is 13.2 Å². The highest BCUT2D eigenvalue weighted by atomic mass is 35.5. The van der Waals surface area contributed by atoms with Gasteiger partial charge in [-0.05, 0) is 76.8 Å². The number of piperidine rings is 1. The Labute approximate surface area is 266 Å². The minimum atomic E-state index is -4.21. The maximum atomic E-state index is 13.7. The van der Waals surface area contributed by atoms with E-state index in [1.54, 1.807) is 42.0 Å². The average Bonchev–Trinajstić information content (AvgIpc) is 3.43. The molecular weight excluding hydrogens is 629 g/mol. The molecule has 13 heteroatoms. The van der Waals surface area contributed by atoms with Crippen LogP contribution in [-0.2, 0) is 19.4 Å². The Morgan fingerprint density at radius 1 is 1.18 bits per heavy atom. The first-order chi connectivity index (χ1) is 21.4. The molecule has 8 nitrogen and oxygen atoms in total. The SMILES string of the molecule is Cc1cc(-c2cc(Cl)ccc2OCCn2c(C)nc3c(c2=O)C[C@@H](N2CCC[C@H](C(F)(F)F)C2)CC3)c2scc(C(=O)O)c2n1. The van der Waals surface area contributed by atoms with Crippen molar-refractivity contribution in [2.45, 2.75) is 64.7 Å². The number of nitrogens with zero attached hydrogens (tertiary/aromatic N) is 4. The number of pyridine rings is 1. The molecule has 0 spiro atoms. The monoisotopic (exact) mass is 660 g/mol. The molecule has 2 atom stereocenters. The van der Waals surface area contributed by atoms with Gasteiger partial charge in [-0.3, -0.25) is 19.2 Å². The summed E-state index contributed by atoms with van der Waals surface area (Å²) in [5, 5.41) is 11.7. The normalized spacial score (nSPS) is 19.1. The third-order valence-electron chi connectivity index (χ3n) is 8.81. The lowest BCUT2D eigenvalue weighted by molar-refractivity contribution is -0.188. The van der Waals surface area contributed by atoms with Gasteiger partial charge in [0.15, 0.2) is 0 Å². The van der Waals surface area contributed by atoms with Crippen molar-refractivity contribution in [3.63, 3.8) is 0 Å². The second-order valence-electron chi connectivity index (χ2n) is 11.7. The van der Waals surface area contributed by atoms with Gasteiger partial charge in [0, 0.05) is 45.4 Å². The second kappa shape index (κ2) is 12.4. The smallest absolute Gasteiger partial charge is 0.393 e. The number of likely N-dealkylation sites (tertiary alicyclic amines) is 1. The second-order valence-corrected chi connectivity index (χ2v) is 13.1. The molecule has 1 N–H and O–H groups in total. The lowest BCUT2D eigenvalue weighted by Gasteiger charge is -2.40. The Morgan fingerprint density at radius 3 is 2.73 bits per heavy atom. The quantitative estimate of drug-likeness (QED) is 0.236. The number of halogens is 4. The molecule has 45 heavy (non-hydrogen) atoms. The predicted molar refractivity (Wildman–Crippen MR) is 167 cm³/mol. The largest absolute Gasteiger partial charge is 0.491 e. The minimum absolute atomic E-state index is 0.0271. The molecule has 0 bridgehead atoms. The van der Waals surface area contributed by atoms with E-state index in [9.17, 15) is 27.9 Å². The number of fused-ring (bicyclic) bond motifs is 2. The van der Waals surface area contributed by atoms with Crippen LogP contribution in [0.5, 0.6) is 5.75 Å². The van der Waals surface area contributed by atoms with E-state index < -0.39 is 18.1 Å². The van der Waals surface area contributed by atoms with E-state index in [4.69, 9.17) is 21.3 Å². The Balaban J connectivity index is 1.23. The maximum Gasteiger partial charge on any atom is 0.393 e. The fourth-order valence-electron chi connectivity index (χ4n) is 6.56. The van der Waals surface area contributed by atoms with Crippen molar-refractivity contribution in [2.75, 3.05) is 19.7 Å². The first kappa shape index (κ1) is 31.5. The molecule has 4 heterocycles. The highest BCUT2D eigenvalue weighted by Gasteiger charge is 2.43. The van der Waals surface area contributed by atoms with E-state index in [1.807, 2.05) is 11.0 Å². The molecule has 1 aromatic carbocycles. The fourth-order valence-corrected chi connectivity index (χ4v) is 7.75. The molecule has 0 radical (unpaired) electrons. The molecule has 0 amide bonds. The number of carbonyl (C=O) groups is 1. The molecule has 1 aliphatic heterocycles. The first-order valence-corrected chi connectivity index (χ1v) is 16.1. The van der Waals surface area contributed by atoms with E-state index in [1.165, 1.54) is 11.3 Å². The molecule has 238 valence electrons. The number of aromatic carboxylic acids is 1. The lowest BCUT2D eigenvalue weighted by Crippen LogP contribution is -2.49. The zero-order chi connectivity index (χ0) is 32.0. The summed E-state index contributed by atoms with van der Waals surface area (Å²) >= 11 is 7.66. The number of hydrogen-bond donors (Lipinski definition) is 1. The number of aromatic nitrogens is 3. The number of rotatable bonds is 7. The highest BCUT2D eigenvalue weighted by molar-refractivity contribution is 7.18. The Hall–Kier alpha value is -3.48. The van der Waals surface area contributed by atoms with Crippen LogP contribution in [0, 0.1) is 19.8 Å². The van der Waals surface area contributed by atoms with Crippen molar-refractivity contribution in [3.8, 4) is 16.9 Å². The number of alkyl halides is 3. The summed E-state index contributed by atoms with van der Waals surface area (Å²) in [4.78, 5) is 36.5. The third kappa shape index (κ3) is 6.32. The van der Waals surface area contributed by atoms with Crippen molar-refractivity contribution >= 4 is 39.1 Å². The number of carboxylic acids is 1. The molecule has 6 rings (SSSR count).